The molecule has 1 heterocycles. The van der Waals surface area contributed by atoms with Crippen LogP contribution in [0.5, 0.6) is 0 Å². The van der Waals surface area contributed by atoms with E-state index in [0.717, 1.165) is 0 Å². The fourth-order valence-corrected chi connectivity index (χ4v) is 2.24. The molecule has 0 atom stereocenters. The summed E-state index contributed by atoms with van der Waals surface area (Å²) in [7, 11) is -1.17. The summed E-state index contributed by atoms with van der Waals surface area (Å²) < 4.78 is 26.5. The standard InChI is InChI=1S/C16H18BFN4O2/c1-15(2)16(3,4)24-17(23-15)14(18)13(10-21-22-20)12-7-5-11(9-19)6-8-12/h5-8H,10H2,1-4H3. The van der Waals surface area contributed by atoms with Gasteiger partial charge in [0.15, 0.2) is 0 Å². The molecule has 124 valence electrons. The molecule has 1 aromatic rings. The molecule has 1 aliphatic rings. The van der Waals surface area contributed by atoms with Crippen molar-refractivity contribution in [2.75, 3.05) is 6.54 Å². The van der Waals surface area contributed by atoms with Crippen molar-refractivity contribution in [3.8, 4) is 6.07 Å². The van der Waals surface area contributed by atoms with Gasteiger partial charge < -0.3 is 9.31 Å². The molecular formula is C16H18BFN4O2. The van der Waals surface area contributed by atoms with Crippen LogP contribution in [0.15, 0.2) is 35.1 Å². The Labute approximate surface area is 140 Å². The summed E-state index contributed by atoms with van der Waals surface area (Å²) in [5.74, 6) is 0. The maximum Gasteiger partial charge on any atom is 0.525 e. The number of azide groups is 1. The van der Waals surface area contributed by atoms with Crippen LogP contribution in [0.4, 0.5) is 4.39 Å². The van der Waals surface area contributed by atoms with Crippen molar-refractivity contribution in [3.05, 3.63) is 51.6 Å². The van der Waals surface area contributed by atoms with Crippen LogP contribution in [-0.2, 0) is 9.31 Å². The van der Waals surface area contributed by atoms with Gasteiger partial charge >= 0.3 is 7.12 Å². The Morgan fingerprint density at radius 2 is 1.79 bits per heavy atom. The first-order valence-corrected chi connectivity index (χ1v) is 7.47. The molecule has 6 nitrogen and oxygen atoms in total. The smallest absolute Gasteiger partial charge is 0.398 e. The first kappa shape index (κ1) is 18.0. The summed E-state index contributed by atoms with van der Waals surface area (Å²) in [5.41, 5.74) is 7.72. The molecule has 0 spiro atoms. The van der Waals surface area contributed by atoms with Crippen molar-refractivity contribution in [1.82, 2.24) is 0 Å². The van der Waals surface area contributed by atoms with E-state index in [1.165, 1.54) is 0 Å². The molecule has 0 aromatic heterocycles. The van der Waals surface area contributed by atoms with E-state index in [9.17, 15) is 0 Å². The minimum atomic E-state index is -1.17. The molecule has 1 saturated heterocycles. The molecule has 2 rings (SSSR count). The van der Waals surface area contributed by atoms with Gasteiger partial charge in [-0.05, 0) is 56.5 Å². The molecule has 0 N–H and O–H groups in total. The Morgan fingerprint density at radius 1 is 1.25 bits per heavy atom. The van der Waals surface area contributed by atoms with Crippen LogP contribution in [0.25, 0.3) is 16.0 Å². The zero-order valence-electron chi connectivity index (χ0n) is 14.1. The predicted molar refractivity (Wildman–Crippen MR) is 89.3 cm³/mol. The zero-order valence-corrected chi connectivity index (χ0v) is 14.1. The third-order valence-corrected chi connectivity index (χ3v) is 4.40. The summed E-state index contributed by atoms with van der Waals surface area (Å²) in [6, 6.07) is 8.35. The molecular weight excluding hydrogens is 310 g/mol. The Hall–Kier alpha value is -2.33. The first-order chi connectivity index (χ1) is 11.2. The highest BCUT2D eigenvalue weighted by Gasteiger charge is 2.53. The number of nitriles is 1. The van der Waals surface area contributed by atoms with E-state index in [1.807, 2.05) is 33.8 Å². The van der Waals surface area contributed by atoms with Crippen molar-refractivity contribution in [2.45, 2.75) is 38.9 Å². The number of benzene rings is 1. The molecule has 0 unspecified atom stereocenters. The Balaban J connectivity index is 2.44. The van der Waals surface area contributed by atoms with Crippen molar-refractivity contribution < 1.29 is 13.7 Å². The average molecular weight is 328 g/mol. The monoisotopic (exact) mass is 328 g/mol. The topological polar surface area (TPSA) is 91.0 Å². The van der Waals surface area contributed by atoms with Crippen molar-refractivity contribution in [1.29, 1.82) is 5.26 Å². The number of hydrogen-bond donors (Lipinski definition) is 0. The predicted octanol–water partition coefficient (Wildman–Crippen LogP) is 4.18. The maximum atomic E-state index is 15.0. The van der Waals surface area contributed by atoms with Gasteiger partial charge in [0, 0.05) is 4.91 Å². The summed E-state index contributed by atoms with van der Waals surface area (Å²) in [5, 5.41) is 12.3. The van der Waals surface area contributed by atoms with Gasteiger partial charge in [0.2, 0.25) is 0 Å². The Kier molecular flexibility index (Phi) is 5.00. The Bertz CT molecular complexity index is 730. The molecule has 1 aliphatic heterocycles. The minimum absolute atomic E-state index is 0.177. The Morgan fingerprint density at radius 3 is 2.25 bits per heavy atom. The number of nitrogens with zero attached hydrogens (tertiary/aromatic N) is 4. The molecule has 1 aromatic carbocycles. The highest BCUT2D eigenvalue weighted by molar-refractivity contribution is 6.55. The van der Waals surface area contributed by atoms with Crippen LogP contribution in [0.1, 0.15) is 38.8 Å². The summed E-state index contributed by atoms with van der Waals surface area (Å²) >= 11 is 0. The van der Waals surface area contributed by atoms with E-state index in [1.54, 1.807) is 24.3 Å². The lowest BCUT2D eigenvalue weighted by Crippen LogP contribution is -2.41. The lowest BCUT2D eigenvalue weighted by Gasteiger charge is -2.32. The van der Waals surface area contributed by atoms with Gasteiger partial charge in [0.1, 0.15) is 5.73 Å². The van der Waals surface area contributed by atoms with Crippen molar-refractivity contribution in [2.24, 2.45) is 5.11 Å². The number of halogens is 1. The van der Waals surface area contributed by atoms with Crippen LogP contribution in [-0.4, -0.2) is 24.9 Å². The molecule has 0 amide bonds. The highest BCUT2D eigenvalue weighted by atomic mass is 19.1. The molecule has 0 bridgehead atoms. The molecule has 0 radical (unpaired) electrons. The zero-order chi connectivity index (χ0) is 18.0. The van der Waals surface area contributed by atoms with Crippen LogP contribution in [0.3, 0.4) is 0 Å². The van der Waals surface area contributed by atoms with Gasteiger partial charge in [-0.25, -0.2) is 4.39 Å². The van der Waals surface area contributed by atoms with E-state index < -0.39 is 24.0 Å². The second-order valence-corrected chi connectivity index (χ2v) is 6.49. The molecule has 0 aliphatic carbocycles. The summed E-state index contributed by atoms with van der Waals surface area (Å²) in [6.45, 7) is 7.13. The van der Waals surface area contributed by atoms with Crippen molar-refractivity contribution >= 4 is 12.7 Å². The van der Waals surface area contributed by atoms with Gasteiger partial charge in [-0.15, -0.1) is 0 Å². The van der Waals surface area contributed by atoms with E-state index in [2.05, 4.69) is 10.0 Å². The van der Waals surface area contributed by atoms with Crippen LogP contribution in [0.2, 0.25) is 0 Å². The average Bonchev–Trinajstić information content (AvgIpc) is 2.76. The van der Waals surface area contributed by atoms with Crippen LogP contribution < -0.4 is 0 Å². The molecule has 24 heavy (non-hydrogen) atoms. The van der Waals surface area contributed by atoms with Gasteiger partial charge in [-0.3, -0.25) is 0 Å². The highest BCUT2D eigenvalue weighted by Crippen LogP contribution is 2.40. The molecule has 8 heteroatoms. The van der Waals surface area contributed by atoms with Gasteiger partial charge in [-0.1, -0.05) is 17.2 Å². The summed E-state index contributed by atoms with van der Waals surface area (Å²) in [4.78, 5) is 2.69. The lowest BCUT2D eigenvalue weighted by molar-refractivity contribution is 0.00578. The van der Waals surface area contributed by atoms with E-state index >= 15 is 4.39 Å². The van der Waals surface area contributed by atoms with Crippen molar-refractivity contribution in [3.63, 3.8) is 0 Å². The maximum absolute atomic E-state index is 15.0. The van der Waals surface area contributed by atoms with Gasteiger partial charge in [-0.2, -0.15) is 5.26 Å². The quantitative estimate of drug-likeness (QED) is 0.359. The second kappa shape index (κ2) is 6.66. The third kappa shape index (κ3) is 3.44. The van der Waals surface area contributed by atoms with Crippen LogP contribution in [0, 0.1) is 11.3 Å². The van der Waals surface area contributed by atoms with E-state index in [0.29, 0.717) is 11.1 Å². The number of rotatable bonds is 4. The first-order valence-electron chi connectivity index (χ1n) is 7.47. The third-order valence-electron chi connectivity index (χ3n) is 4.40. The van der Waals surface area contributed by atoms with Crippen LogP contribution >= 0.6 is 0 Å². The normalized spacial score (nSPS) is 19.2. The van der Waals surface area contributed by atoms with Gasteiger partial charge in [0.25, 0.3) is 0 Å². The fourth-order valence-electron chi connectivity index (χ4n) is 2.24. The van der Waals surface area contributed by atoms with E-state index in [-0.39, 0.29) is 12.1 Å². The van der Waals surface area contributed by atoms with E-state index in [4.69, 9.17) is 20.1 Å². The number of hydrogen-bond acceptors (Lipinski definition) is 4. The SMILES string of the molecule is CC1(C)OB(C(F)=C(CN=[N+]=[N-])c2ccc(C#N)cc2)OC1(C)C. The summed E-state index contributed by atoms with van der Waals surface area (Å²) in [6.07, 6.45) is 0. The second-order valence-electron chi connectivity index (χ2n) is 6.49. The fraction of sp³-hybridized carbons (Fsp3) is 0.438. The van der Waals surface area contributed by atoms with Gasteiger partial charge in [0.05, 0.1) is 29.4 Å². The largest absolute Gasteiger partial charge is 0.525 e. The molecule has 0 saturated carbocycles. The lowest BCUT2D eigenvalue weighted by atomic mass is 9.82. The minimum Gasteiger partial charge on any atom is -0.398 e. The molecule has 1 fully saturated rings.